The van der Waals surface area contributed by atoms with Crippen molar-refractivity contribution < 1.29 is 4.52 Å². The summed E-state index contributed by atoms with van der Waals surface area (Å²) in [6, 6.07) is 0. The van der Waals surface area contributed by atoms with E-state index in [0.717, 1.165) is 30.3 Å². The summed E-state index contributed by atoms with van der Waals surface area (Å²) in [5, 5.41) is 4.12. The molecule has 1 fully saturated rings. The Hall–Kier alpha value is -0.550. The van der Waals surface area contributed by atoms with Gasteiger partial charge in [-0.3, -0.25) is 0 Å². The number of nitrogens with zero attached hydrogens (tertiary/aromatic N) is 2. The maximum Gasteiger partial charge on any atom is 0.234 e. The van der Waals surface area contributed by atoms with Crippen molar-refractivity contribution >= 4 is 11.8 Å². The van der Waals surface area contributed by atoms with Crippen LogP contribution >= 0.6 is 11.8 Å². The lowest BCUT2D eigenvalue weighted by Crippen LogP contribution is -2.37. The predicted octanol–water partition coefficient (Wildman–Crippen LogP) is 3.26. The molecular formula is C14H25N3OS. The zero-order valence-corrected chi connectivity index (χ0v) is 13.1. The second kappa shape index (κ2) is 5.83. The SMILES string of the molecule is CC(C)(C)SCc1noc(C2(CN)CCCCC2)n1. The monoisotopic (exact) mass is 283 g/mol. The molecule has 1 aliphatic carbocycles. The number of aromatic nitrogens is 2. The molecule has 1 saturated carbocycles. The normalized spacial score (nSPS) is 19.6. The highest BCUT2D eigenvalue weighted by Crippen LogP contribution is 2.38. The number of hydrogen-bond acceptors (Lipinski definition) is 5. The van der Waals surface area contributed by atoms with Crippen LogP contribution in [0.3, 0.4) is 0 Å². The summed E-state index contributed by atoms with van der Waals surface area (Å²) in [4.78, 5) is 4.60. The molecule has 108 valence electrons. The molecule has 0 saturated heterocycles. The Balaban J connectivity index is 2.06. The molecule has 19 heavy (non-hydrogen) atoms. The summed E-state index contributed by atoms with van der Waals surface area (Å²) in [7, 11) is 0. The average molecular weight is 283 g/mol. The Bertz CT molecular complexity index is 405. The van der Waals surface area contributed by atoms with Crippen LogP contribution in [0.5, 0.6) is 0 Å². The highest BCUT2D eigenvalue weighted by molar-refractivity contribution is 7.99. The van der Waals surface area contributed by atoms with Gasteiger partial charge in [-0.15, -0.1) is 11.8 Å². The van der Waals surface area contributed by atoms with Gasteiger partial charge in [0.15, 0.2) is 5.82 Å². The first-order valence-corrected chi connectivity index (χ1v) is 8.11. The standard InChI is InChI=1S/C14H25N3OS/c1-13(2,3)19-9-11-16-12(18-17-11)14(10-15)7-5-4-6-8-14/h4-10,15H2,1-3H3. The summed E-state index contributed by atoms with van der Waals surface area (Å²) >= 11 is 1.84. The number of nitrogens with two attached hydrogens (primary N) is 1. The van der Waals surface area contributed by atoms with Gasteiger partial charge in [0.05, 0.1) is 11.2 Å². The highest BCUT2D eigenvalue weighted by atomic mass is 32.2. The second-order valence-corrected chi connectivity index (χ2v) is 8.26. The first kappa shape index (κ1) is 14.9. The molecular weight excluding hydrogens is 258 g/mol. The third-order valence-electron chi connectivity index (χ3n) is 3.76. The van der Waals surface area contributed by atoms with Gasteiger partial charge in [-0.25, -0.2) is 0 Å². The van der Waals surface area contributed by atoms with Crippen molar-refractivity contribution in [1.29, 1.82) is 0 Å². The molecule has 0 radical (unpaired) electrons. The van der Waals surface area contributed by atoms with Crippen molar-refractivity contribution in [2.24, 2.45) is 5.73 Å². The first-order chi connectivity index (χ1) is 8.95. The van der Waals surface area contributed by atoms with Crippen LogP contribution in [0.15, 0.2) is 4.52 Å². The van der Waals surface area contributed by atoms with E-state index in [1.807, 2.05) is 11.8 Å². The van der Waals surface area contributed by atoms with E-state index in [0.29, 0.717) is 6.54 Å². The van der Waals surface area contributed by atoms with E-state index < -0.39 is 0 Å². The summed E-state index contributed by atoms with van der Waals surface area (Å²) in [5.41, 5.74) is 5.93. The molecule has 5 heteroatoms. The molecule has 1 heterocycles. The molecule has 1 aromatic heterocycles. The number of thioether (sulfide) groups is 1. The maximum atomic E-state index is 5.99. The Kier molecular flexibility index (Phi) is 4.56. The predicted molar refractivity (Wildman–Crippen MR) is 79.2 cm³/mol. The molecule has 2 N–H and O–H groups in total. The van der Waals surface area contributed by atoms with Gasteiger partial charge in [0.2, 0.25) is 5.89 Å². The number of rotatable bonds is 4. The van der Waals surface area contributed by atoms with E-state index in [2.05, 4.69) is 30.9 Å². The van der Waals surface area contributed by atoms with Gasteiger partial charge >= 0.3 is 0 Å². The van der Waals surface area contributed by atoms with Gasteiger partial charge < -0.3 is 10.3 Å². The van der Waals surface area contributed by atoms with Crippen LogP contribution in [0.25, 0.3) is 0 Å². The van der Waals surface area contributed by atoms with Crippen molar-refractivity contribution in [1.82, 2.24) is 10.1 Å². The maximum absolute atomic E-state index is 5.99. The highest BCUT2D eigenvalue weighted by Gasteiger charge is 2.38. The Labute approximate surface area is 119 Å². The molecule has 1 aromatic rings. The van der Waals surface area contributed by atoms with E-state index >= 15 is 0 Å². The van der Waals surface area contributed by atoms with Crippen molar-refractivity contribution in [2.75, 3.05) is 6.54 Å². The van der Waals surface area contributed by atoms with Crippen molar-refractivity contribution in [2.45, 2.75) is 68.8 Å². The van der Waals surface area contributed by atoms with Crippen LogP contribution in [-0.2, 0) is 11.2 Å². The molecule has 0 aromatic carbocycles. The van der Waals surface area contributed by atoms with Gasteiger partial charge in [0.1, 0.15) is 0 Å². The van der Waals surface area contributed by atoms with Crippen molar-refractivity contribution in [3.05, 3.63) is 11.7 Å². The summed E-state index contributed by atoms with van der Waals surface area (Å²) in [6.45, 7) is 7.20. The van der Waals surface area contributed by atoms with E-state index in [9.17, 15) is 0 Å². The van der Waals surface area contributed by atoms with Gasteiger partial charge in [0, 0.05) is 11.3 Å². The Morgan fingerprint density at radius 3 is 2.53 bits per heavy atom. The number of hydrogen-bond donors (Lipinski definition) is 1. The minimum atomic E-state index is -0.0596. The fourth-order valence-electron chi connectivity index (χ4n) is 2.54. The largest absolute Gasteiger partial charge is 0.339 e. The Morgan fingerprint density at radius 2 is 1.95 bits per heavy atom. The smallest absolute Gasteiger partial charge is 0.234 e. The summed E-state index contributed by atoms with van der Waals surface area (Å²) < 4.78 is 5.73. The van der Waals surface area contributed by atoms with E-state index in [1.54, 1.807) is 0 Å². The fourth-order valence-corrected chi connectivity index (χ4v) is 3.22. The molecule has 0 unspecified atom stereocenters. The van der Waals surface area contributed by atoms with Crippen LogP contribution in [0.1, 0.15) is 64.6 Å². The molecule has 1 aliphatic rings. The minimum Gasteiger partial charge on any atom is -0.339 e. The topological polar surface area (TPSA) is 64.9 Å². The summed E-state index contributed by atoms with van der Waals surface area (Å²) in [5.74, 6) is 2.36. The molecule has 0 atom stereocenters. The third-order valence-corrected chi connectivity index (χ3v) is 5.03. The lowest BCUT2D eigenvalue weighted by molar-refractivity contribution is 0.219. The Morgan fingerprint density at radius 1 is 1.26 bits per heavy atom. The average Bonchev–Trinajstić information content (AvgIpc) is 2.86. The second-order valence-electron chi connectivity index (χ2n) is 6.46. The third kappa shape index (κ3) is 3.72. The molecule has 2 rings (SSSR count). The van der Waals surface area contributed by atoms with Gasteiger partial charge in [-0.05, 0) is 12.8 Å². The van der Waals surface area contributed by atoms with Gasteiger partial charge in [-0.1, -0.05) is 45.2 Å². The molecule has 0 bridgehead atoms. The minimum absolute atomic E-state index is 0.0596. The zero-order chi connectivity index (χ0) is 13.9. The fraction of sp³-hybridized carbons (Fsp3) is 0.857. The summed E-state index contributed by atoms with van der Waals surface area (Å²) in [6.07, 6.45) is 5.88. The van der Waals surface area contributed by atoms with Crippen LogP contribution in [0, 0.1) is 0 Å². The van der Waals surface area contributed by atoms with E-state index in [4.69, 9.17) is 10.3 Å². The molecule has 0 spiro atoms. The molecule has 0 amide bonds. The van der Waals surface area contributed by atoms with Crippen LogP contribution in [-0.4, -0.2) is 21.4 Å². The molecule has 0 aliphatic heterocycles. The van der Waals surface area contributed by atoms with Crippen LogP contribution in [0.2, 0.25) is 0 Å². The van der Waals surface area contributed by atoms with E-state index in [-0.39, 0.29) is 10.2 Å². The van der Waals surface area contributed by atoms with Crippen molar-refractivity contribution in [3.8, 4) is 0 Å². The molecule has 4 nitrogen and oxygen atoms in total. The lowest BCUT2D eigenvalue weighted by atomic mass is 9.74. The first-order valence-electron chi connectivity index (χ1n) is 7.12. The van der Waals surface area contributed by atoms with Gasteiger partial charge in [-0.2, -0.15) is 4.98 Å². The van der Waals surface area contributed by atoms with E-state index in [1.165, 1.54) is 19.3 Å². The van der Waals surface area contributed by atoms with Crippen molar-refractivity contribution in [3.63, 3.8) is 0 Å². The van der Waals surface area contributed by atoms with Crippen LogP contribution in [0.4, 0.5) is 0 Å². The van der Waals surface area contributed by atoms with Gasteiger partial charge in [0.25, 0.3) is 0 Å². The lowest BCUT2D eigenvalue weighted by Gasteiger charge is -2.32. The quantitative estimate of drug-likeness (QED) is 0.918. The van der Waals surface area contributed by atoms with Crippen LogP contribution < -0.4 is 5.73 Å². The zero-order valence-electron chi connectivity index (χ0n) is 12.2.